The molecule has 16 heavy (non-hydrogen) atoms. The number of esters is 1. The Balaban J connectivity index is 2.66. The first-order chi connectivity index (χ1) is 7.70. The summed E-state index contributed by atoms with van der Waals surface area (Å²) < 4.78 is 4.98. The maximum Gasteiger partial charge on any atom is 0.328 e. The number of nitrogens with zero attached hydrogens (tertiary/aromatic N) is 1. The first-order valence-corrected chi connectivity index (χ1v) is 5.77. The van der Waals surface area contributed by atoms with Gasteiger partial charge in [-0.3, -0.25) is 4.79 Å². The zero-order valence-corrected chi connectivity index (χ0v) is 9.78. The Hall–Kier alpha value is -1.32. The number of piperidine rings is 1. The standard InChI is InChI=1S/C12H19NO3/c1-3-7-11(14)13-9-6-5-8-10(13)12(15)16-4-2/h3,10H,1,4-9H2,2H3. The third-order valence-corrected chi connectivity index (χ3v) is 2.70. The third kappa shape index (κ3) is 3.08. The fraction of sp³-hybridized carbons (Fsp3) is 0.667. The van der Waals surface area contributed by atoms with Gasteiger partial charge in [-0.2, -0.15) is 0 Å². The van der Waals surface area contributed by atoms with Crippen LogP contribution in [0.5, 0.6) is 0 Å². The monoisotopic (exact) mass is 225 g/mol. The van der Waals surface area contributed by atoms with Crippen molar-refractivity contribution in [1.82, 2.24) is 4.90 Å². The lowest BCUT2D eigenvalue weighted by molar-refractivity contribution is -0.156. The molecule has 0 N–H and O–H groups in total. The summed E-state index contributed by atoms with van der Waals surface area (Å²) in [4.78, 5) is 25.1. The van der Waals surface area contributed by atoms with Crippen LogP contribution in [0.4, 0.5) is 0 Å². The van der Waals surface area contributed by atoms with Crippen LogP contribution in [0, 0.1) is 0 Å². The summed E-state index contributed by atoms with van der Waals surface area (Å²) in [5.74, 6) is -0.313. The Morgan fingerprint density at radius 1 is 1.50 bits per heavy atom. The largest absolute Gasteiger partial charge is 0.464 e. The summed E-state index contributed by atoms with van der Waals surface area (Å²) in [6.45, 7) is 6.32. The van der Waals surface area contributed by atoms with E-state index in [1.165, 1.54) is 0 Å². The predicted molar refractivity (Wildman–Crippen MR) is 60.8 cm³/mol. The number of amides is 1. The number of hydrogen-bond acceptors (Lipinski definition) is 3. The van der Waals surface area contributed by atoms with E-state index in [1.807, 2.05) is 0 Å². The summed E-state index contributed by atoms with van der Waals surface area (Å²) in [5.41, 5.74) is 0. The van der Waals surface area contributed by atoms with Gasteiger partial charge in [0.1, 0.15) is 6.04 Å². The van der Waals surface area contributed by atoms with Gasteiger partial charge in [0.25, 0.3) is 0 Å². The van der Waals surface area contributed by atoms with Gasteiger partial charge in [0.15, 0.2) is 0 Å². The smallest absolute Gasteiger partial charge is 0.328 e. The molecule has 0 aliphatic carbocycles. The number of hydrogen-bond donors (Lipinski definition) is 0. The number of likely N-dealkylation sites (tertiary alicyclic amines) is 1. The number of carbonyl (C=O) groups is 2. The van der Waals surface area contributed by atoms with Crippen molar-refractivity contribution in [2.45, 2.75) is 38.6 Å². The number of ether oxygens (including phenoxy) is 1. The minimum absolute atomic E-state index is 0.0345. The van der Waals surface area contributed by atoms with E-state index in [2.05, 4.69) is 6.58 Å². The zero-order chi connectivity index (χ0) is 12.0. The first-order valence-electron chi connectivity index (χ1n) is 5.77. The van der Waals surface area contributed by atoms with Crippen molar-refractivity contribution in [2.24, 2.45) is 0 Å². The molecule has 90 valence electrons. The highest BCUT2D eigenvalue weighted by Gasteiger charge is 2.32. The maximum atomic E-state index is 11.8. The lowest BCUT2D eigenvalue weighted by Crippen LogP contribution is -2.48. The van der Waals surface area contributed by atoms with E-state index < -0.39 is 0 Å². The van der Waals surface area contributed by atoms with Crippen molar-refractivity contribution in [3.8, 4) is 0 Å². The summed E-state index contributed by atoms with van der Waals surface area (Å²) >= 11 is 0. The molecule has 0 aromatic carbocycles. The quantitative estimate of drug-likeness (QED) is 0.538. The van der Waals surface area contributed by atoms with Crippen molar-refractivity contribution in [2.75, 3.05) is 13.2 Å². The van der Waals surface area contributed by atoms with Crippen molar-refractivity contribution in [1.29, 1.82) is 0 Å². The van der Waals surface area contributed by atoms with E-state index in [9.17, 15) is 9.59 Å². The molecule has 1 saturated heterocycles. The molecule has 1 aliphatic rings. The summed E-state index contributed by atoms with van der Waals surface area (Å²) in [7, 11) is 0. The van der Waals surface area contributed by atoms with Crippen LogP contribution in [0.2, 0.25) is 0 Å². The van der Waals surface area contributed by atoms with Gasteiger partial charge in [-0.25, -0.2) is 4.79 Å². The van der Waals surface area contributed by atoms with Crippen molar-refractivity contribution in [3.63, 3.8) is 0 Å². The fourth-order valence-electron chi connectivity index (χ4n) is 1.95. The Kier molecular flexibility index (Phi) is 5.02. The molecule has 0 bridgehead atoms. The van der Waals surface area contributed by atoms with Gasteiger partial charge in [0.05, 0.1) is 6.61 Å². The molecule has 1 amide bonds. The van der Waals surface area contributed by atoms with Crippen molar-refractivity contribution < 1.29 is 14.3 Å². The predicted octanol–water partition coefficient (Wildman–Crippen LogP) is 1.51. The molecule has 0 spiro atoms. The Labute approximate surface area is 96.3 Å². The average Bonchev–Trinajstić information content (AvgIpc) is 2.30. The fourth-order valence-corrected chi connectivity index (χ4v) is 1.95. The first kappa shape index (κ1) is 12.7. The van der Waals surface area contributed by atoms with E-state index >= 15 is 0 Å². The molecular weight excluding hydrogens is 206 g/mol. The van der Waals surface area contributed by atoms with Crippen LogP contribution in [0.3, 0.4) is 0 Å². The van der Waals surface area contributed by atoms with Crippen LogP contribution in [0.25, 0.3) is 0 Å². The minimum atomic E-state index is -0.388. The van der Waals surface area contributed by atoms with Crippen LogP contribution in [-0.4, -0.2) is 36.0 Å². The van der Waals surface area contributed by atoms with E-state index in [0.29, 0.717) is 19.6 Å². The van der Waals surface area contributed by atoms with Gasteiger partial charge in [-0.15, -0.1) is 6.58 Å². The van der Waals surface area contributed by atoms with Crippen molar-refractivity contribution >= 4 is 11.9 Å². The maximum absolute atomic E-state index is 11.8. The van der Waals surface area contributed by atoms with E-state index in [-0.39, 0.29) is 24.3 Å². The molecule has 1 unspecified atom stereocenters. The highest BCUT2D eigenvalue weighted by atomic mass is 16.5. The van der Waals surface area contributed by atoms with Crippen LogP contribution < -0.4 is 0 Å². The summed E-state index contributed by atoms with van der Waals surface area (Å²) in [6, 6.07) is -0.388. The normalized spacial score (nSPS) is 20.3. The van der Waals surface area contributed by atoms with Gasteiger partial charge in [0.2, 0.25) is 5.91 Å². The highest BCUT2D eigenvalue weighted by molar-refractivity contribution is 5.85. The number of carbonyl (C=O) groups excluding carboxylic acids is 2. The third-order valence-electron chi connectivity index (χ3n) is 2.70. The van der Waals surface area contributed by atoms with Gasteiger partial charge < -0.3 is 9.64 Å². The van der Waals surface area contributed by atoms with E-state index in [0.717, 1.165) is 12.8 Å². The summed E-state index contributed by atoms with van der Waals surface area (Å²) in [5, 5.41) is 0. The topological polar surface area (TPSA) is 46.6 Å². The molecule has 1 atom stereocenters. The molecule has 0 saturated carbocycles. The van der Waals surface area contributed by atoms with Crippen LogP contribution >= 0.6 is 0 Å². The molecule has 0 aromatic rings. The van der Waals surface area contributed by atoms with E-state index in [4.69, 9.17) is 4.74 Å². The minimum Gasteiger partial charge on any atom is -0.464 e. The second kappa shape index (κ2) is 6.30. The SMILES string of the molecule is C=CCC(=O)N1CCCCC1C(=O)OCC. The van der Waals surface area contributed by atoms with Crippen LogP contribution in [0.1, 0.15) is 32.6 Å². The molecule has 1 fully saturated rings. The van der Waals surface area contributed by atoms with Gasteiger partial charge in [0, 0.05) is 13.0 Å². The molecule has 1 rings (SSSR count). The highest BCUT2D eigenvalue weighted by Crippen LogP contribution is 2.19. The van der Waals surface area contributed by atoms with E-state index in [1.54, 1.807) is 17.9 Å². The molecule has 0 radical (unpaired) electrons. The Morgan fingerprint density at radius 3 is 2.88 bits per heavy atom. The molecule has 4 nitrogen and oxygen atoms in total. The average molecular weight is 225 g/mol. The molecule has 1 aliphatic heterocycles. The molecule has 0 aromatic heterocycles. The Morgan fingerprint density at radius 2 is 2.25 bits per heavy atom. The lowest BCUT2D eigenvalue weighted by Gasteiger charge is -2.33. The van der Waals surface area contributed by atoms with Crippen molar-refractivity contribution in [3.05, 3.63) is 12.7 Å². The second-order valence-corrected chi connectivity index (χ2v) is 3.84. The zero-order valence-electron chi connectivity index (χ0n) is 9.78. The second-order valence-electron chi connectivity index (χ2n) is 3.84. The van der Waals surface area contributed by atoms with Crippen LogP contribution in [-0.2, 0) is 14.3 Å². The van der Waals surface area contributed by atoms with Gasteiger partial charge in [-0.1, -0.05) is 6.08 Å². The molecular formula is C12H19NO3. The Bertz CT molecular complexity index is 275. The molecule has 1 heterocycles. The lowest BCUT2D eigenvalue weighted by atomic mass is 10.0. The molecule has 4 heteroatoms. The summed E-state index contributed by atoms with van der Waals surface area (Å²) in [6.07, 6.45) is 4.50. The van der Waals surface area contributed by atoms with Gasteiger partial charge in [-0.05, 0) is 26.2 Å². The number of rotatable bonds is 4. The van der Waals surface area contributed by atoms with Crippen LogP contribution in [0.15, 0.2) is 12.7 Å². The van der Waals surface area contributed by atoms with Gasteiger partial charge >= 0.3 is 5.97 Å².